The zero-order chi connectivity index (χ0) is 47.5. The molecule has 6 aliphatic rings. The lowest BCUT2D eigenvalue weighted by atomic mass is 9.66. The lowest BCUT2D eigenvalue weighted by molar-refractivity contribution is -0.116. The quantitative estimate of drug-likeness (QED) is 0.184. The minimum Gasteiger partial charge on any atom is -0.508 e. The van der Waals surface area contributed by atoms with Crippen LogP contribution in [0.25, 0.3) is 16.7 Å². The smallest absolute Gasteiger partial charge is 0.266 e. The number of aromatic hydroxyl groups is 3. The number of aryl methyl sites for hydroxylation is 2. The van der Waals surface area contributed by atoms with Gasteiger partial charge < -0.3 is 15.3 Å². The minimum atomic E-state index is -1.61. The molecular weight excluding hydrogens is 1130 g/mol. The molecule has 0 spiro atoms. The Hall–Kier alpha value is -2.11. The number of phenolic OH excluding ortho intramolecular Hbond substituents is 3. The number of unbranched alkanes of at least 4 members (excludes halogenated alkanes) is 3. The molecular formula is C54H65Br3Cl4O6. The molecule has 0 aliphatic heterocycles. The van der Waals surface area contributed by atoms with Crippen LogP contribution in [0.15, 0.2) is 68.0 Å². The van der Waals surface area contributed by atoms with E-state index >= 15 is 0 Å². The summed E-state index contributed by atoms with van der Waals surface area (Å²) in [6.07, 6.45) is 19.9. The third kappa shape index (κ3) is 12.7. The van der Waals surface area contributed by atoms with Crippen molar-refractivity contribution in [2.24, 2.45) is 16.2 Å². The first-order chi connectivity index (χ1) is 30.7. The normalized spacial score (nSPS) is 23.0. The molecule has 9 rings (SSSR count). The highest BCUT2D eigenvalue weighted by Gasteiger charge is 2.49. The highest BCUT2D eigenvalue weighted by atomic mass is 79.9. The molecule has 6 nitrogen and oxygen atoms in total. The largest absolute Gasteiger partial charge is 0.508 e. The van der Waals surface area contributed by atoms with Crippen LogP contribution in [0, 0.1) is 16.2 Å². The highest BCUT2D eigenvalue weighted by Crippen LogP contribution is 2.60. The van der Waals surface area contributed by atoms with Gasteiger partial charge in [0.2, 0.25) is 0 Å². The summed E-state index contributed by atoms with van der Waals surface area (Å²) < 4.78 is 0.675. The van der Waals surface area contributed by atoms with Gasteiger partial charge in [-0.3, -0.25) is 14.4 Å². The van der Waals surface area contributed by atoms with Gasteiger partial charge in [0, 0.05) is 35.5 Å². The second-order valence-corrected chi connectivity index (χ2v) is 24.3. The molecule has 0 radical (unpaired) electrons. The molecule has 366 valence electrons. The van der Waals surface area contributed by atoms with Crippen LogP contribution in [-0.2, 0) is 33.6 Å². The number of fused-ring (bicyclic) bond motifs is 9. The third-order valence-electron chi connectivity index (χ3n) is 14.2. The molecule has 3 aromatic rings. The first-order valence-electron chi connectivity index (χ1n) is 22.7. The summed E-state index contributed by atoms with van der Waals surface area (Å²) in [5.74, 6) is 1.63. The predicted octanol–water partition coefficient (Wildman–Crippen LogP) is 17.6. The summed E-state index contributed by atoms with van der Waals surface area (Å²) in [6, 6.07) is 14.8. The second-order valence-electron chi connectivity index (χ2n) is 18.5. The van der Waals surface area contributed by atoms with Gasteiger partial charge in [0.1, 0.15) is 17.2 Å². The number of phenols is 3. The van der Waals surface area contributed by atoms with E-state index in [2.05, 4.69) is 68.6 Å². The molecule has 13 heteroatoms. The van der Waals surface area contributed by atoms with Gasteiger partial charge in [0.25, 0.3) is 3.25 Å². The Morgan fingerprint density at radius 2 is 1.00 bits per heavy atom. The molecule has 0 saturated heterocycles. The maximum absolute atomic E-state index is 12.3. The van der Waals surface area contributed by atoms with E-state index in [0.717, 1.165) is 114 Å². The molecule has 0 bridgehead atoms. The van der Waals surface area contributed by atoms with E-state index in [1.54, 1.807) is 18.2 Å². The van der Waals surface area contributed by atoms with Gasteiger partial charge in [0.05, 0.1) is 13.4 Å². The summed E-state index contributed by atoms with van der Waals surface area (Å²) in [5, 5.41) is 29.2. The Labute approximate surface area is 443 Å². The Balaban J connectivity index is 0.000000206. The molecule has 6 aliphatic carbocycles. The van der Waals surface area contributed by atoms with Crippen molar-refractivity contribution in [3.8, 4) is 17.2 Å². The molecule has 0 amide bonds. The zero-order valence-electron chi connectivity index (χ0n) is 37.1. The molecule has 67 heavy (non-hydrogen) atoms. The summed E-state index contributed by atoms with van der Waals surface area (Å²) in [6.45, 7) is 6.59. The van der Waals surface area contributed by atoms with Crippen LogP contribution >= 0.6 is 94.2 Å². The number of allylic oxidation sites excluding steroid dienone is 6. The fourth-order valence-electron chi connectivity index (χ4n) is 11.2. The van der Waals surface area contributed by atoms with E-state index in [-0.39, 0.29) is 54.2 Å². The van der Waals surface area contributed by atoms with Crippen LogP contribution in [0.1, 0.15) is 165 Å². The van der Waals surface area contributed by atoms with Gasteiger partial charge in [0.15, 0.2) is 17.3 Å². The number of rotatable bonds is 9. The van der Waals surface area contributed by atoms with Gasteiger partial charge in [-0.05, 0) is 192 Å². The molecule has 0 fully saturated rings. The molecule has 0 heterocycles. The number of carbonyl (C=O) groups is 3. The third-order valence-corrected chi connectivity index (χ3v) is 16.8. The summed E-state index contributed by atoms with van der Waals surface area (Å²) in [5.41, 5.74) is 10.6. The second kappa shape index (κ2) is 23.9. The summed E-state index contributed by atoms with van der Waals surface area (Å²) in [4.78, 5) is 36.5. The van der Waals surface area contributed by atoms with E-state index < -0.39 is 3.25 Å². The van der Waals surface area contributed by atoms with Gasteiger partial charge in [-0.25, -0.2) is 0 Å². The Kier molecular flexibility index (Phi) is 20.5. The van der Waals surface area contributed by atoms with E-state index in [9.17, 15) is 29.7 Å². The van der Waals surface area contributed by atoms with E-state index in [1.165, 1.54) is 46.3 Å². The van der Waals surface area contributed by atoms with Crippen molar-refractivity contribution in [2.75, 3.05) is 0 Å². The number of carbonyl (C=O) groups excluding carboxylic acids is 3. The fraction of sp³-hybridized carbons (Fsp3) is 0.500. The van der Waals surface area contributed by atoms with Crippen molar-refractivity contribution in [3.63, 3.8) is 0 Å². The van der Waals surface area contributed by atoms with Crippen LogP contribution in [0.2, 0.25) is 0 Å². The van der Waals surface area contributed by atoms with Crippen LogP contribution in [0.4, 0.5) is 0 Å². The van der Waals surface area contributed by atoms with Crippen LogP contribution in [-0.4, -0.2) is 35.9 Å². The maximum atomic E-state index is 12.3. The van der Waals surface area contributed by atoms with Crippen molar-refractivity contribution < 1.29 is 29.7 Å². The number of halogens is 7. The number of hydrogen-bond acceptors (Lipinski definition) is 6. The molecule has 3 atom stereocenters. The van der Waals surface area contributed by atoms with Crippen molar-refractivity contribution in [1.82, 2.24) is 0 Å². The van der Waals surface area contributed by atoms with E-state index in [1.807, 2.05) is 36.4 Å². The minimum absolute atomic E-state index is 0. The maximum Gasteiger partial charge on any atom is 0.266 e. The number of benzene rings is 3. The van der Waals surface area contributed by atoms with Crippen LogP contribution in [0.3, 0.4) is 0 Å². The van der Waals surface area contributed by atoms with Crippen molar-refractivity contribution in [2.45, 2.75) is 154 Å². The number of Topliss-reactive ketones (excluding diaryl/α,β-unsaturated/α-hetero) is 2. The first-order valence-corrected chi connectivity index (χ1v) is 26.6. The van der Waals surface area contributed by atoms with Gasteiger partial charge in [-0.2, -0.15) is 0 Å². The molecule has 3 aromatic carbocycles. The average Bonchev–Trinajstić information content (AvgIpc) is 3.83. The average molecular weight is 1190 g/mol. The van der Waals surface area contributed by atoms with Gasteiger partial charge >= 0.3 is 0 Å². The SMILES string of the molecule is C.C.CCCCC12CCc3c(ccc(O)c3Br)C1=C(Br)C(=O)C2.CCCCC12CCc3cc(O)ccc3C1=C(Br)C(=O)C2.CCCCC12CCc3cc(O)ccc3C1=CC(=O)C2.ClC(Cl)(Cl)Cl. The number of hydrogen-bond donors (Lipinski definition) is 3. The standard InChI is InChI=1S/C17H18Br2O2.C17H19BrO2.C17H20O2.CCl4.2CH4/c1-2-3-7-17-8-6-11-10(4-5-12(20)15(11)18)14(17)16(19)13(21)9-17;1-2-3-7-17-8-6-11-9-12(19)4-5-13(11)15(17)16(18)14(20)10-17;1-2-3-7-17-8-6-12-9-13(18)4-5-15(12)16(17)10-14(19)11-17;2-1(3,4)5;;/h4-5,20H,2-3,6-9H2,1H3;4-5,9,19H,2-3,6-8,10H2,1H3;4-5,9-10,18H,2-3,6-8,11H2,1H3;;2*1H4. The lowest BCUT2D eigenvalue weighted by Gasteiger charge is -2.37. The van der Waals surface area contributed by atoms with E-state index in [0.29, 0.717) is 30.8 Å². The lowest BCUT2D eigenvalue weighted by Crippen LogP contribution is -2.26. The van der Waals surface area contributed by atoms with Crippen LogP contribution < -0.4 is 0 Å². The molecule has 0 saturated carbocycles. The fourth-order valence-corrected chi connectivity index (χ4v) is 13.2. The summed E-state index contributed by atoms with van der Waals surface area (Å²) in [7, 11) is 0. The Morgan fingerprint density at radius 3 is 1.51 bits per heavy atom. The van der Waals surface area contributed by atoms with Crippen molar-refractivity contribution >= 4 is 128 Å². The number of ketones is 3. The topological polar surface area (TPSA) is 112 Å². The van der Waals surface area contributed by atoms with E-state index in [4.69, 9.17) is 46.4 Å². The predicted molar refractivity (Wildman–Crippen MR) is 291 cm³/mol. The molecule has 3 N–H and O–H groups in total. The molecule has 0 aromatic heterocycles. The van der Waals surface area contributed by atoms with Gasteiger partial charge in [-0.1, -0.05) is 139 Å². The first kappa shape index (κ1) is 57.5. The Morgan fingerprint density at radius 1 is 0.582 bits per heavy atom. The number of alkyl halides is 4. The zero-order valence-corrected chi connectivity index (χ0v) is 44.9. The van der Waals surface area contributed by atoms with Crippen molar-refractivity contribution in [3.05, 3.63) is 101 Å². The monoisotopic (exact) mass is 1190 g/mol. The van der Waals surface area contributed by atoms with Gasteiger partial charge in [-0.15, -0.1) is 0 Å². The molecule has 3 unspecified atom stereocenters. The highest BCUT2D eigenvalue weighted by molar-refractivity contribution is 9.12. The van der Waals surface area contributed by atoms with Crippen LogP contribution in [0.5, 0.6) is 17.2 Å². The Bertz CT molecular complexity index is 2430. The van der Waals surface area contributed by atoms with Crippen molar-refractivity contribution in [1.29, 1.82) is 0 Å². The summed E-state index contributed by atoms with van der Waals surface area (Å²) >= 11 is 29.9.